The van der Waals surface area contributed by atoms with Crippen molar-refractivity contribution in [2.75, 3.05) is 11.9 Å². The second-order valence-corrected chi connectivity index (χ2v) is 3.93. The summed E-state index contributed by atoms with van der Waals surface area (Å²) < 4.78 is 7.52. The first-order chi connectivity index (χ1) is 8.81. The molecule has 0 amide bonds. The Labute approximate surface area is 107 Å². The maximum atomic E-state index is 5.66. The van der Waals surface area contributed by atoms with Crippen LogP contribution in [0.25, 0.3) is 0 Å². The third-order valence-electron chi connectivity index (χ3n) is 2.37. The molecule has 0 atom stereocenters. The van der Waals surface area contributed by atoms with Crippen LogP contribution in [0.1, 0.15) is 20.3 Å². The molecule has 2 aromatic rings. The minimum atomic E-state index is 0.574. The minimum absolute atomic E-state index is 0.574. The molecule has 0 unspecified atom stereocenters. The maximum absolute atomic E-state index is 5.66. The molecule has 0 aliphatic carbocycles. The van der Waals surface area contributed by atoms with E-state index >= 15 is 0 Å². The molecule has 0 aliphatic rings. The van der Waals surface area contributed by atoms with Gasteiger partial charge in [-0.1, -0.05) is 13.0 Å². The SMILES string of the molecule is CCCn1cc(Oc2cccc(NCC)n2)cn1. The highest BCUT2D eigenvalue weighted by atomic mass is 16.5. The first kappa shape index (κ1) is 12.4. The van der Waals surface area contributed by atoms with Crippen molar-refractivity contribution in [3.05, 3.63) is 30.6 Å². The van der Waals surface area contributed by atoms with Crippen molar-refractivity contribution in [1.29, 1.82) is 0 Å². The van der Waals surface area contributed by atoms with Crippen LogP contribution in [-0.4, -0.2) is 21.3 Å². The summed E-state index contributed by atoms with van der Waals surface area (Å²) >= 11 is 0. The van der Waals surface area contributed by atoms with Crippen molar-refractivity contribution in [3.8, 4) is 11.6 Å². The molecular weight excluding hydrogens is 228 g/mol. The van der Waals surface area contributed by atoms with Crippen molar-refractivity contribution < 1.29 is 4.74 Å². The maximum Gasteiger partial charge on any atom is 0.221 e. The Bertz CT molecular complexity index is 495. The lowest BCUT2D eigenvalue weighted by Crippen LogP contribution is -1.99. The molecule has 0 aromatic carbocycles. The van der Waals surface area contributed by atoms with Crippen LogP contribution in [0.15, 0.2) is 30.6 Å². The number of nitrogens with zero attached hydrogens (tertiary/aromatic N) is 3. The second kappa shape index (κ2) is 6.05. The van der Waals surface area contributed by atoms with Crippen molar-refractivity contribution in [3.63, 3.8) is 0 Å². The topological polar surface area (TPSA) is 52.0 Å². The molecule has 0 aliphatic heterocycles. The number of hydrogen-bond donors (Lipinski definition) is 1. The first-order valence-electron chi connectivity index (χ1n) is 6.23. The van der Waals surface area contributed by atoms with E-state index in [2.05, 4.69) is 22.3 Å². The highest BCUT2D eigenvalue weighted by Gasteiger charge is 2.02. The van der Waals surface area contributed by atoms with Crippen LogP contribution in [0.3, 0.4) is 0 Å². The lowest BCUT2D eigenvalue weighted by Gasteiger charge is -2.05. The van der Waals surface area contributed by atoms with E-state index in [1.165, 1.54) is 0 Å². The molecule has 2 rings (SSSR count). The summed E-state index contributed by atoms with van der Waals surface area (Å²) in [4.78, 5) is 4.34. The zero-order valence-electron chi connectivity index (χ0n) is 10.8. The molecule has 0 saturated carbocycles. The summed E-state index contributed by atoms with van der Waals surface area (Å²) in [5.74, 6) is 2.10. The van der Waals surface area contributed by atoms with E-state index in [9.17, 15) is 0 Å². The molecular formula is C13H18N4O. The van der Waals surface area contributed by atoms with Crippen LogP contribution < -0.4 is 10.1 Å². The van der Waals surface area contributed by atoms with Gasteiger partial charge in [-0.3, -0.25) is 4.68 Å². The highest BCUT2D eigenvalue weighted by molar-refractivity contribution is 5.37. The molecule has 5 heteroatoms. The van der Waals surface area contributed by atoms with Gasteiger partial charge in [0.25, 0.3) is 0 Å². The monoisotopic (exact) mass is 246 g/mol. The predicted octanol–water partition coefficient (Wildman–Crippen LogP) is 2.91. The molecule has 5 nitrogen and oxygen atoms in total. The summed E-state index contributed by atoms with van der Waals surface area (Å²) in [5, 5.41) is 7.36. The largest absolute Gasteiger partial charge is 0.436 e. The van der Waals surface area contributed by atoms with Crippen LogP contribution in [-0.2, 0) is 6.54 Å². The Hall–Kier alpha value is -2.04. The molecule has 2 aromatic heterocycles. The van der Waals surface area contributed by atoms with Gasteiger partial charge in [-0.15, -0.1) is 0 Å². The average molecular weight is 246 g/mol. The summed E-state index contributed by atoms with van der Waals surface area (Å²) in [6, 6.07) is 5.66. The lowest BCUT2D eigenvalue weighted by atomic mass is 10.4. The number of aromatic nitrogens is 3. The normalized spacial score (nSPS) is 10.3. The van der Waals surface area contributed by atoms with E-state index in [-0.39, 0.29) is 0 Å². The molecule has 1 N–H and O–H groups in total. The van der Waals surface area contributed by atoms with Gasteiger partial charge in [0.1, 0.15) is 5.82 Å². The van der Waals surface area contributed by atoms with Gasteiger partial charge >= 0.3 is 0 Å². The summed E-state index contributed by atoms with van der Waals surface area (Å²) in [7, 11) is 0. The van der Waals surface area contributed by atoms with E-state index in [1.54, 1.807) is 6.20 Å². The van der Waals surface area contributed by atoms with E-state index in [0.29, 0.717) is 11.6 Å². The molecule has 0 saturated heterocycles. The van der Waals surface area contributed by atoms with Crippen LogP contribution in [0.2, 0.25) is 0 Å². The number of anilines is 1. The van der Waals surface area contributed by atoms with Crippen molar-refractivity contribution >= 4 is 5.82 Å². The molecule has 0 spiro atoms. The first-order valence-corrected chi connectivity index (χ1v) is 6.23. The fourth-order valence-corrected chi connectivity index (χ4v) is 1.62. The molecule has 18 heavy (non-hydrogen) atoms. The number of nitrogens with one attached hydrogen (secondary N) is 1. The molecule has 2 heterocycles. The zero-order chi connectivity index (χ0) is 12.8. The van der Waals surface area contributed by atoms with Crippen LogP contribution >= 0.6 is 0 Å². The van der Waals surface area contributed by atoms with Crippen molar-refractivity contribution in [2.45, 2.75) is 26.8 Å². The Kier molecular flexibility index (Phi) is 4.17. The van der Waals surface area contributed by atoms with Gasteiger partial charge in [0.15, 0.2) is 5.75 Å². The van der Waals surface area contributed by atoms with E-state index < -0.39 is 0 Å². The van der Waals surface area contributed by atoms with Gasteiger partial charge in [0.05, 0.1) is 12.4 Å². The fraction of sp³-hybridized carbons (Fsp3) is 0.385. The number of rotatable bonds is 6. The second-order valence-electron chi connectivity index (χ2n) is 3.93. The molecule has 96 valence electrons. The van der Waals surface area contributed by atoms with Gasteiger partial charge in [0, 0.05) is 19.2 Å². The Morgan fingerprint density at radius 3 is 3.00 bits per heavy atom. The quantitative estimate of drug-likeness (QED) is 0.851. The van der Waals surface area contributed by atoms with E-state index in [0.717, 1.165) is 25.3 Å². The third-order valence-corrected chi connectivity index (χ3v) is 2.37. The van der Waals surface area contributed by atoms with Crippen molar-refractivity contribution in [1.82, 2.24) is 14.8 Å². The van der Waals surface area contributed by atoms with E-state index in [4.69, 9.17) is 4.74 Å². The zero-order valence-corrected chi connectivity index (χ0v) is 10.8. The van der Waals surface area contributed by atoms with Gasteiger partial charge in [-0.25, -0.2) is 0 Å². The van der Waals surface area contributed by atoms with Gasteiger partial charge in [-0.2, -0.15) is 10.1 Å². The molecule has 0 radical (unpaired) electrons. The molecule has 0 fully saturated rings. The minimum Gasteiger partial charge on any atom is -0.436 e. The van der Waals surface area contributed by atoms with Crippen LogP contribution in [0.5, 0.6) is 11.6 Å². The van der Waals surface area contributed by atoms with Crippen LogP contribution in [0, 0.1) is 0 Å². The van der Waals surface area contributed by atoms with Crippen molar-refractivity contribution in [2.24, 2.45) is 0 Å². The fourth-order valence-electron chi connectivity index (χ4n) is 1.62. The average Bonchev–Trinajstić information content (AvgIpc) is 2.78. The van der Waals surface area contributed by atoms with Gasteiger partial charge in [-0.05, 0) is 19.4 Å². The Morgan fingerprint density at radius 1 is 1.33 bits per heavy atom. The summed E-state index contributed by atoms with van der Waals surface area (Å²) in [5.41, 5.74) is 0. The van der Waals surface area contributed by atoms with Gasteiger partial charge < -0.3 is 10.1 Å². The number of pyridine rings is 1. The number of hydrogen-bond acceptors (Lipinski definition) is 4. The molecule has 0 bridgehead atoms. The number of aryl methyl sites for hydroxylation is 1. The third kappa shape index (κ3) is 3.23. The van der Waals surface area contributed by atoms with Gasteiger partial charge in [0.2, 0.25) is 5.88 Å². The summed E-state index contributed by atoms with van der Waals surface area (Å²) in [6.45, 7) is 5.88. The highest BCUT2D eigenvalue weighted by Crippen LogP contribution is 2.19. The smallest absolute Gasteiger partial charge is 0.221 e. The van der Waals surface area contributed by atoms with Crippen LogP contribution in [0.4, 0.5) is 5.82 Å². The van der Waals surface area contributed by atoms with E-state index in [1.807, 2.05) is 36.0 Å². The standard InChI is InChI=1S/C13H18N4O/c1-3-8-17-10-11(9-15-17)18-13-7-5-6-12(16-13)14-4-2/h5-7,9-10H,3-4,8H2,1-2H3,(H,14,16). The number of ether oxygens (including phenoxy) is 1. The summed E-state index contributed by atoms with van der Waals surface area (Å²) in [6.07, 6.45) is 4.64. The predicted molar refractivity (Wildman–Crippen MR) is 71.0 cm³/mol. The Morgan fingerprint density at radius 2 is 2.22 bits per heavy atom. The lowest BCUT2D eigenvalue weighted by molar-refractivity contribution is 0.462. The Balaban J connectivity index is 2.05.